The third-order valence-electron chi connectivity index (χ3n) is 3.20. The number of rotatable bonds is 5. The lowest BCUT2D eigenvalue weighted by molar-refractivity contribution is 0.381. The lowest BCUT2D eigenvalue weighted by Gasteiger charge is -2.23. The summed E-state index contributed by atoms with van der Waals surface area (Å²) in [6, 6.07) is 0.555. The predicted molar refractivity (Wildman–Crippen MR) is 68.2 cm³/mol. The van der Waals surface area contributed by atoms with Gasteiger partial charge in [0, 0.05) is 18.3 Å². The molecule has 2 unspecified atom stereocenters. The van der Waals surface area contributed by atoms with Crippen molar-refractivity contribution in [1.29, 1.82) is 0 Å². The molecule has 3 nitrogen and oxygen atoms in total. The molecule has 1 aromatic rings. The summed E-state index contributed by atoms with van der Waals surface area (Å²) >= 11 is 0. The molecule has 0 fully saturated rings. The summed E-state index contributed by atoms with van der Waals surface area (Å²) in [7, 11) is 0. The van der Waals surface area contributed by atoms with Gasteiger partial charge in [-0.3, -0.25) is 0 Å². The maximum Gasteiger partial charge on any atom is 0.0951 e. The zero-order chi connectivity index (χ0) is 12.3. The molecule has 0 saturated heterocycles. The first kappa shape index (κ1) is 13.2. The molecule has 3 heteroatoms. The summed E-state index contributed by atoms with van der Waals surface area (Å²) in [5.41, 5.74) is 7.38. The Morgan fingerprint density at radius 1 is 1.25 bits per heavy atom. The van der Waals surface area contributed by atoms with Gasteiger partial charge in [0.15, 0.2) is 0 Å². The molecule has 92 valence electrons. The van der Waals surface area contributed by atoms with Gasteiger partial charge in [0.05, 0.1) is 12.0 Å². The minimum absolute atomic E-state index is 0.101. The molecular formula is C13H25N3. The van der Waals surface area contributed by atoms with E-state index in [9.17, 15) is 0 Å². The maximum absolute atomic E-state index is 6.22. The van der Waals surface area contributed by atoms with Crippen LogP contribution < -0.4 is 5.73 Å². The van der Waals surface area contributed by atoms with Gasteiger partial charge in [0.2, 0.25) is 0 Å². The van der Waals surface area contributed by atoms with Crippen LogP contribution in [0, 0.1) is 11.8 Å². The van der Waals surface area contributed by atoms with E-state index in [0.29, 0.717) is 17.9 Å². The second kappa shape index (κ2) is 5.48. The normalized spacial score (nSPS) is 15.8. The zero-order valence-corrected chi connectivity index (χ0v) is 11.1. The van der Waals surface area contributed by atoms with Crippen LogP contribution >= 0.6 is 0 Å². The molecule has 2 atom stereocenters. The van der Waals surface area contributed by atoms with Gasteiger partial charge in [-0.25, -0.2) is 4.98 Å². The van der Waals surface area contributed by atoms with Gasteiger partial charge in [0.25, 0.3) is 0 Å². The van der Waals surface area contributed by atoms with Gasteiger partial charge >= 0.3 is 0 Å². The van der Waals surface area contributed by atoms with Crippen LogP contribution in [0.5, 0.6) is 0 Å². The Kier molecular flexibility index (Phi) is 4.54. The maximum atomic E-state index is 6.22. The van der Waals surface area contributed by atoms with Crippen LogP contribution in [0.15, 0.2) is 12.5 Å². The highest BCUT2D eigenvalue weighted by Crippen LogP contribution is 2.24. The predicted octanol–water partition coefficient (Wildman–Crippen LogP) is 3.15. The van der Waals surface area contributed by atoms with Crippen molar-refractivity contribution in [2.45, 2.75) is 53.1 Å². The summed E-state index contributed by atoms with van der Waals surface area (Å²) in [5.74, 6) is 1.21. The van der Waals surface area contributed by atoms with Crippen LogP contribution in [0.3, 0.4) is 0 Å². The summed E-state index contributed by atoms with van der Waals surface area (Å²) in [6.45, 7) is 11.1. The smallest absolute Gasteiger partial charge is 0.0951 e. The number of hydrogen-bond donors (Lipinski definition) is 1. The first-order chi connectivity index (χ1) is 7.43. The van der Waals surface area contributed by atoms with E-state index in [-0.39, 0.29) is 6.04 Å². The second-order valence-corrected chi connectivity index (χ2v) is 5.45. The Bertz CT molecular complexity index is 315. The van der Waals surface area contributed by atoms with E-state index >= 15 is 0 Å². The molecule has 0 saturated carbocycles. The van der Waals surface area contributed by atoms with Crippen LogP contribution in [0.1, 0.15) is 58.8 Å². The molecule has 0 spiro atoms. The molecule has 0 aliphatic rings. The fourth-order valence-electron chi connectivity index (χ4n) is 1.89. The monoisotopic (exact) mass is 223 g/mol. The number of hydrogen-bond acceptors (Lipinski definition) is 2. The first-order valence-corrected chi connectivity index (χ1v) is 6.20. The molecule has 0 aliphatic carbocycles. The van der Waals surface area contributed by atoms with E-state index in [1.165, 1.54) is 0 Å². The average molecular weight is 223 g/mol. The SMILES string of the molecule is CC(C)CC(N)c1cncn1C(C)C(C)C. The average Bonchev–Trinajstić information content (AvgIpc) is 2.63. The molecule has 16 heavy (non-hydrogen) atoms. The molecule has 1 rings (SSSR count). The highest BCUT2D eigenvalue weighted by atomic mass is 15.1. The fourth-order valence-corrected chi connectivity index (χ4v) is 1.89. The molecule has 1 heterocycles. The largest absolute Gasteiger partial charge is 0.330 e. The topological polar surface area (TPSA) is 43.8 Å². The highest BCUT2D eigenvalue weighted by molar-refractivity contribution is 5.06. The van der Waals surface area contributed by atoms with Gasteiger partial charge in [-0.1, -0.05) is 27.7 Å². The van der Waals surface area contributed by atoms with Crippen molar-refractivity contribution in [2.24, 2.45) is 17.6 Å². The van der Waals surface area contributed by atoms with Crippen LogP contribution in [0.25, 0.3) is 0 Å². The molecule has 2 N–H and O–H groups in total. The highest BCUT2D eigenvalue weighted by Gasteiger charge is 2.17. The third-order valence-corrected chi connectivity index (χ3v) is 3.20. The van der Waals surface area contributed by atoms with E-state index in [1.54, 1.807) is 0 Å². The Morgan fingerprint density at radius 3 is 2.38 bits per heavy atom. The van der Waals surface area contributed by atoms with Crippen molar-refractivity contribution in [2.75, 3.05) is 0 Å². The van der Waals surface area contributed by atoms with Gasteiger partial charge < -0.3 is 10.3 Å². The van der Waals surface area contributed by atoms with E-state index in [2.05, 4.69) is 44.2 Å². The second-order valence-electron chi connectivity index (χ2n) is 5.45. The van der Waals surface area contributed by atoms with Crippen molar-refractivity contribution in [3.05, 3.63) is 18.2 Å². The lowest BCUT2D eigenvalue weighted by atomic mass is 10.0. The number of nitrogens with two attached hydrogens (primary N) is 1. The van der Waals surface area contributed by atoms with Gasteiger partial charge in [-0.15, -0.1) is 0 Å². The quantitative estimate of drug-likeness (QED) is 0.833. The number of aromatic nitrogens is 2. The van der Waals surface area contributed by atoms with Crippen LogP contribution in [0.2, 0.25) is 0 Å². The first-order valence-electron chi connectivity index (χ1n) is 6.20. The Hall–Kier alpha value is -0.830. The van der Waals surface area contributed by atoms with Gasteiger partial charge in [-0.05, 0) is 25.2 Å². The van der Waals surface area contributed by atoms with Crippen LogP contribution in [-0.2, 0) is 0 Å². The molecule has 0 amide bonds. The lowest BCUT2D eigenvalue weighted by Crippen LogP contribution is -2.20. The van der Waals surface area contributed by atoms with Crippen molar-refractivity contribution < 1.29 is 0 Å². The fraction of sp³-hybridized carbons (Fsp3) is 0.769. The Labute approximate surface area is 99.1 Å². The molecular weight excluding hydrogens is 198 g/mol. The van der Waals surface area contributed by atoms with Crippen LogP contribution in [-0.4, -0.2) is 9.55 Å². The van der Waals surface area contributed by atoms with E-state index in [0.717, 1.165) is 12.1 Å². The molecule has 0 aliphatic heterocycles. The van der Waals surface area contributed by atoms with Gasteiger partial charge in [-0.2, -0.15) is 0 Å². The van der Waals surface area contributed by atoms with Crippen LogP contribution in [0.4, 0.5) is 0 Å². The van der Waals surface area contributed by atoms with Crippen molar-refractivity contribution in [1.82, 2.24) is 9.55 Å². The minimum Gasteiger partial charge on any atom is -0.330 e. The standard InChI is InChI=1S/C13H25N3/c1-9(2)6-12(14)13-7-15-8-16(13)11(5)10(3)4/h7-12H,6,14H2,1-5H3. The minimum atomic E-state index is 0.101. The summed E-state index contributed by atoms with van der Waals surface area (Å²) in [6.07, 6.45) is 4.82. The third kappa shape index (κ3) is 3.08. The summed E-state index contributed by atoms with van der Waals surface area (Å²) in [4.78, 5) is 4.24. The van der Waals surface area contributed by atoms with Crippen molar-refractivity contribution in [3.63, 3.8) is 0 Å². The summed E-state index contributed by atoms with van der Waals surface area (Å²) < 4.78 is 2.22. The molecule has 0 radical (unpaired) electrons. The molecule has 1 aromatic heterocycles. The Morgan fingerprint density at radius 2 is 1.88 bits per heavy atom. The zero-order valence-electron chi connectivity index (χ0n) is 11.1. The van der Waals surface area contributed by atoms with E-state index in [4.69, 9.17) is 5.73 Å². The van der Waals surface area contributed by atoms with Crippen molar-refractivity contribution in [3.8, 4) is 0 Å². The number of nitrogens with zero attached hydrogens (tertiary/aromatic N) is 2. The Balaban J connectivity index is 2.85. The van der Waals surface area contributed by atoms with Crippen molar-refractivity contribution >= 4 is 0 Å². The summed E-state index contributed by atoms with van der Waals surface area (Å²) in [5, 5.41) is 0. The molecule has 0 aromatic carbocycles. The van der Waals surface area contributed by atoms with E-state index < -0.39 is 0 Å². The number of imidazole rings is 1. The van der Waals surface area contributed by atoms with Gasteiger partial charge in [0.1, 0.15) is 0 Å². The molecule has 0 bridgehead atoms. The van der Waals surface area contributed by atoms with E-state index in [1.807, 2.05) is 12.5 Å².